The number of rotatable bonds is 14. The molecular weight excluding hydrogens is 264 g/mol. The first-order valence-corrected chi connectivity index (χ1v) is 10.9. The molecule has 0 aromatic heterocycles. The van der Waals surface area contributed by atoms with E-state index in [0.29, 0.717) is 0 Å². The van der Waals surface area contributed by atoms with E-state index in [0.717, 1.165) is 5.92 Å². The van der Waals surface area contributed by atoms with Crippen molar-refractivity contribution in [1.29, 1.82) is 0 Å². The van der Waals surface area contributed by atoms with E-state index in [1.54, 1.807) is 0 Å². The summed E-state index contributed by atoms with van der Waals surface area (Å²) in [5.41, 5.74) is 0. The van der Waals surface area contributed by atoms with Crippen LogP contribution in [0.5, 0.6) is 0 Å². The Bertz CT molecular complexity index is 200. The van der Waals surface area contributed by atoms with Crippen LogP contribution in [0.2, 0.25) is 0 Å². The van der Waals surface area contributed by atoms with Gasteiger partial charge in [0.2, 0.25) is 0 Å². The first-order chi connectivity index (χ1) is 10.9. The van der Waals surface area contributed by atoms with E-state index in [9.17, 15) is 0 Å². The van der Waals surface area contributed by atoms with E-state index in [2.05, 4.69) is 6.92 Å². The van der Waals surface area contributed by atoms with Gasteiger partial charge in [0, 0.05) is 0 Å². The first-order valence-electron chi connectivity index (χ1n) is 10.9. The second-order valence-electron chi connectivity index (χ2n) is 7.89. The molecule has 0 bridgehead atoms. The summed E-state index contributed by atoms with van der Waals surface area (Å²) in [7, 11) is 0. The van der Waals surface area contributed by atoms with E-state index in [4.69, 9.17) is 0 Å². The SMILES string of the molecule is CCCCCCCCCCCCCCCC1CCCCCC1. The maximum atomic E-state index is 2.30. The summed E-state index contributed by atoms with van der Waals surface area (Å²) in [6.45, 7) is 2.30. The van der Waals surface area contributed by atoms with Gasteiger partial charge in [-0.2, -0.15) is 0 Å². The van der Waals surface area contributed by atoms with Gasteiger partial charge in [-0.05, 0) is 5.92 Å². The number of hydrogen-bond acceptors (Lipinski definition) is 0. The molecule has 0 heteroatoms. The third kappa shape index (κ3) is 12.5. The molecule has 0 aromatic carbocycles. The van der Waals surface area contributed by atoms with Crippen LogP contribution in [0.15, 0.2) is 0 Å². The maximum Gasteiger partial charge on any atom is -0.0414 e. The monoisotopic (exact) mass is 308 g/mol. The second-order valence-corrected chi connectivity index (χ2v) is 7.89. The van der Waals surface area contributed by atoms with Crippen LogP contribution in [-0.2, 0) is 0 Å². The molecule has 0 nitrogen and oxygen atoms in total. The minimum absolute atomic E-state index is 1.09. The molecular formula is C22H44. The van der Waals surface area contributed by atoms with Gasteiger partial charge < -0.3 is 0 Å². The zero-order chi connectivity index (χ0) is 15.7. The average Bonchev–Trinajstić information content (AvgIpc) is 2.80. The predicted octanol–water partition coefficient (Wildman–Crippen LogP) is 8.44. The molecule has 1 aliphatic carbocycles. The molecule has 0 atom stereocenters. The molecule has 0 aliphatic heterocycles. The minimum Gasteiger partial charge on any atom is -0.0654 e. The van der Waals surface area contributed by atoms with E-state index in [1.807, 2.05) is 0 Å². The second kappa shape index (κ2) is 15.9. The third-order valence-corrected chi connectivity index (χ3v) is 5.69. The topological polar surface area (TPSA) is 0 Å². The van der Waals surface area contributed by atoms with Gasteiger partial charge in [0.25, 0.3) is 0 Å². The lowest BCUT2D eigenvalue weighted by Gasteiger charge is -2.13. The zero-order valence-corrected chi connectivity index (χ0v) is 15.7. The van der Waals surface area contributed by atoms with Crippen molar-refractivity contribution in [1.82, 2.24) is 0 Å². The average molecular weight is 309 g/mol. The van der Waals surface area contributed by atoms with Gasteiger partial charge in [0.05, 0.1) is 0 Å². The highest BCUT2D eigenvalue weighted by Gasteiger charge is 2.11. The molecule has 0 radical (unpaired) electrons. The van der Waals surface area contributed by atoms with Crippen LogP contribution in [-0.4, -0.2) is 0 Å². The van der Waals surface area contributed by atoms with Crippen molar-refractivity contribution in [3.63, 3.8) is 0 Å². The lowest BCUT2D eigenvalue weighted by molar-refractivity contribution is 0.404. The molecule has 0 amide bonds. The molecule has 1 rings (SSSR count). The molecule has 0 N–H and O–H groups in total. The van der Waals surface area contributed by atoms with Crippen LogP contribution >= 0.6 is 0 Å². The highest BCUT2D eigenvalue weighted by Crippen LogP contribution is 2.27. The van der Waals surface area contributed by atoms with Gasteiger partial charge in [-0.25, -0.2) is 0 Å². The fraction of sp³-hybridized carbons (Fsp3) is 1.00. The minimum atomic E-state index is 1.09. The van der Waals surface area contributed by atoms with Gasteiger partial charge in [-0.1, -0.05) is 135 Å². The predicted molar refractivity (Wildman–Crippen MR) is 102 cm³/mol. The molecule has 132 valence electrons. The Labute approximate surface area is 141 Å². The van der Waals surface area contributed by atoms with Crippen molar-refractivity contribution in [2.45, 2.75) is 135 Å². The highest BCUT2D eigenvalue weighted by atomic mass is 14.2. The van der Waals surface area contributed by atoms with Crippen molar-refractivity contribution >= 4 is 0 Å². The van der Waals surface area contributed by atoms with Gasteiger partial charge >= 0.3 is 0 Å². The molecule has 1 fully saturated rings. The Balaban J connectivity index is 1.72. The van der Waals surface area contributed by atoms with Crippen molar-refractivity contribution in [2.24, 2.45) is 5.92 Å². The van der Waals surface area contributed by atoms with Crippen LogP contribution in [0.25, 0.3) is 0 Å². The van der Waals surface area contributed by atoms with E-state index in [1.165, 1.54) is 128 Å². The summed E-state index contributed by atoms with van der Waals surface area (Å²) in [5, 5.41) is 0. The maximum absolute atomic E-state index is 2.30. The molecule has 1 saturated carbocycles. The van der Waals surface area contributed by atoms with Gasteiger partial charge in [0.1, 0.15) is 0 Å². The van der Waals surface area contributed by atoms with Crippen LogP contribution in [0.1, 0.15) is 135 Å². The molecule has 1 aliphatic rings. The van der Waals surface area contributed by atoms with Gasteiger partial charge in [-0.15, -0.1) is 0 Å². The third-order valence-electron chi connectivity index (χ3n) is 5.69. The standard InChI is InChI=1S/C22H44/c1-2-3-4-5-6-7-8-9-10-11-12-13-16-19-22-20-17-14-15-18-21-22/h22H,2-21H2,1H3. The quantitative estimate of drug-likeness (QED) is 0.223. The molecule has 0 spiro atoms. The largest absolute Gasteiger partial charge is 0.0654 e. The van der Waals surface area contributed by atoms with Crippen molar-refractivity contribution in [3.05, 3.63) is 0 Å². The van der Waals surface area contributed by atoms with Crippen LogP contribution < -0.4 is 0 Å². The summed E-state index contributed by atoms with van der Waals surface area (Å²) >= 11 is 0. The number of hydrogen-bond donors (Lipinski definition) is 0. The Morgan fingerprint density at radius 2 is 0.909 bits per heavy atom. The molecule has 0 aromatic rings. The Kier molecular flexibility index (Phi) is 14.5. The molecule has 0 saturated heterocycles. The van der Waals surface area contributed by atoms with Gasteiger partial charge in [0.15, 0.2) is 0 Å². The fourth-order valence-corrected chi connectivity index (χ4v) is 4.10. The van der Waals surface area contributed by atoms with Crippen molar-refractivity contribution < 1.29 is 0 Å². The van der Waals surface area contributed by atoms with E-state index in [-0.39, 0.29) is 0 Å². The van der Waals surface area contributed by atoms with Crippen molar-refractivity contribution in [3.8, 4) is 0 Å². The summed E-state index contributed by atoms with van der Waals surface area (Å²) < 4.78 is 0. The van der Waals surface area contributed by atoms with Crippen LogP contribution in [0.4, 0.5) is 0 Å². The number of unbranched alkanes of at least 4 members (excludes halogenated alkanes) is 12. The zero-order valence-electron chi connectivity index (χ0n) is 15.7. The highest BCUT2D eigenvalue weighted by molar-refractivity contribution is 4.64. The molecule has 0 unspecified atom stereocenters. The van der Waals surface area contributed by atoms with Crippen LogP contribution in [0.3, 0.4) is 0 Å². The lowest BCUT2D eigenvalue weighted by atomic mass is 9.93. The van der Waals surface area contributed by atoms with E-state index >= 15 is 0 Å². The summed E-state index contributed by atoms with van der Waals surface area (Å²) in [6.07, 6.45) is 29.9. The summed E-state index contributed by atoms with van der Waals surface area (Å²) in [6, 6.07) is 0. The van der Waals surface area contributed by atoms with Crippen molar-refractivity contribution in [2.75, 3.05) is 0 Å². The Morgan fingerprint density at radius 1 is 0.500 bits per heavy atom. The Morgan fingerprint density at radius 3 is 1.36 bits per heavy atom. The molecule has 22 heavy (non-hydrogen) atoms. The van der Waals surface area contributed by atoms with Gasteiger partial charge in [-0.3, -0.25) is 0 Å². The Hall–Kier alpha value is 0. The summed E-state index contributed by atoms with van der Waals surface area (Å²) in [4.78, 5) is 0. The molecule has 0 heterocycles. The summed E-state index contributed by atoms with van der Waals surface area (Å²) in [5.74, 6) is 1.09. The van der Waals surface area contributed by atoms with E-state index < -0.39 is 0 Å². The van der Waals surface area contributed by atoms with Crippen LogP contribution in [0, 0.1) is 5.92 Å². The first kappa shape index (κ1) is 20.0. The smallest absolute Gasteiger partial charge is 0.0414 e. The normalized spacial score (nSPS) is 16.8. The lowest BCUT2D eigenvalue weighted by Crippen LogP contribution is -1.98. The fourth-order valence-electron chi connectivity index (χ4n) is 4.10.